The van der Waals surface area contributed by atoms with Crippen molar-refractivity contribution in [2.24, 2.45) is 5.73 Å². The molecule has 0 saturated carbocycles. The van der Waals surface area contributed by atoms with E-state index in [1.807, 2.05) is 24.3 Å². The number of carbonyl (C=O) groups excluding carboxylic acids is 1. The fourth-order valence-electron chi connectivity index (χ4n) is 1.46. The standard InChI is InChI=1S/C9H9N2O/c10-9(12)7-5-11-8-4-2-1-3-6(7)8/h1-4,7H,5H2,(H2,10,12). The Balaban J connectivity index is 2.42. The van der Waals surface area contributed by atoms with Crippen LogP contribution in [0.4, 0.5) is 5.69 Å². The number of hydrogen-bond donors (Lipinski definition) is 1. The van der Waals surface area contributed by atoms with Crippen LogP contribution in [0.3, 0.4) is 0 Å². The third-order valence-corrected chi connectivity index (χ3v) is 2.10. The molecule has 0 bridgehead atoms. The van der Waals surface area contributed by atoms with Gasteiger partial charge in [0.15, 0.2) is 0 Å². The van der Waals surface area contributed by atoms with Crippen LogP contribution in [0.25, 0.3) is 0 Å². The molecule has 61 valence electrons. The predicted molar refractivity (Wildman–Crippen MR) is 45.0 cm³/mol. The molecule has 1 aliphatic heterocycles. The Morgan fingerprint density at radius 2 is 2.25 bits per heavy atom. The molecule has 12 heavy (non-hydrogen) atoms. The van der Waals surface area contributed by atoms with Gasteiger partial charge in [-0.05, 0) is 11.6 Å². The second-order valence-electron chi connectivity index (χ2n) is 2.85. The van der Waals surface area contributed by atoms with E-state index in [9.17, 15) is 4.79 Å². The number of rotatable bonds is 1. The van der Waals surface area contributed by atoms with Crippen molar-refractivity contribution in [3.8, 4) is 0 Å². The molecule has 1 radical (unpaired) electrons. The van der Waals surface area contributed by atoms with E-state index in [0.29, 0.717) is 6.54 Å². The minimum atomic E-state index is -0.288. The van der Waals surface area contributed by atoms with E-state index in [1.165, 1.54) is 0 Å². The van der Waals surface area contributed by atoms with E-state index in [-0.39, 0.29) is 11.8 Å². The maximum Gasteiger partial charge on any atom is 0.226 e. The minimum Gasteiger partial charge on any atom is -0.369 e. The summed E-state index contributed by atoms with van der Waals surface area (Å²) in [5.74, 6) is -0.495. The molecule has 1 aliphatic rings. The summed E-state index contributed by atoms with van der Waals surface area (Å²) in [6.45, 7) is 0.509. The van der Waals surface area contributed by atoms with Gasteiger partial charge in [0.05, 0.1) is 18.2 Å². The molecule has 0 aromatic heterocycles. The zero-order valence-corrected chi connectivity index (χ0v) is 6.53. The highest BCUT2D eigenvalue weighted by Gasteiger charge is 2.26. The average molecular weight is 161 g/mol. The molecule has 1 unspecified atom stereocenters. The van der Waals surface area contributed by atoms with Crippen molar-refractivity contribution >= 4 is 11.6 Å². The Labute approximate surface area is 70.6 Å². The SMILES string of the molecule is NC(=O)C1C[N]c2ccccc21. The topological polar surface area (TPSA) is 57.2 Å². The lowest BCUT2D eigenvalue weighted by Gasteiger charge is -2.02. The number of benzene rings is 1. The van der Waals surface area contributed by atoms with E-state index >= 15 is 0 Å². The maximum absolute atomic E-state index is 10.9. The van der Waals surface area contributed by atoms with Gasteiger partial charge in [0.1, 0.15) is 0 Å². The minimum absolute atomic E-state index is 0.207. The number of fused-ring (bicyclic) bond motifs is 1. The molecular weight excluding hydrogens is 152 g/mol. The second-order valence-corrected chi connectivity index (χ2v) is 2.85. The molecule has 0 aliphatic carbocycles. The third-order valence-electron chi connectivity index (χ3n) is 2.10. The molecule has 1 aromatic carbocycles. The molecule has 0 fully saturated rings. The summed E-state index contributed by atoms with van der Waals surface area (Å²) in [6.07, 6.45) is 0. The number of hydrogen-bond acceptors (Lipinski definition) is 1. The van der Waals surface area contributed by atoms with E-state index in [4.69, 9.17) is 5.73 Å². The molecule has 1 aromatic rings. The van der Waals surface area contributed by atoms with Gasteiger partial charge in [-0.25, -0.2) is 0 Å². The number of carbonyl (C=O) groups is 1. The van der Waals surface area contributed by atoms with Crippen molar-refractivity contribution in [2.45, 2.75) is 5.92 Å². The van der Waals surface area contributed by atoms with Crippen LogP contribution < -0.4 is 11.1 Å². The number of amides is 1. The van der Waals surface area contributed by atoms with E-state index < -0.39 is 0 Å². The second kappa shape index (κ2) is 2.52. The smallest absolute Gasteiger partial charge is 0.226 e. The fourth-order valence-corrected chi connectivity index (χ4v) is 1.46. The molecular formula is C9H9N2O. The van der Waals surface area contributed by atoms with Gasteiger partial charge < -0.3 is 5.73 Å². The predicted octanol–water partition coefficient (Wildman–Crippen LogP) is 0.505. The van der Waals surface area contributed by atoms with Crippen LogP contribution in [0.5, 0.6) is 0 Å². The Hall–Kier alpha value is -1.51. The number of nitrogens with two attached hydrogens (primary N) is 1. The monoisotopic (exact) mass is 161 g/mol. The van der Waals surface area contributed by atoms with E-state index in [1.54, 1.807) is 0 Å². The first-order valence-electron chi connectivity index (χ1n) is 3.85. The summed E-state index contributed by atoms with van der Waals surface area (Å²) in [5, 5.41) is 4.20. The summed E-state index contributed by atoms with van der Waals surface area (Å²) in [7, 11) is 0. The quantitative estimate of drug-likeness (QED) is 0.640. The van der Waals surface area contributed by atoms with Crippen molar-refractivity contribution < 1.29 is 4.79 Å². The van der Waals surface area contributed by atoms with Crippen LogP contribution in [0.15, 0.2) is 24.3 Å². The molecule has 0 saturated heterocycles. The summed E-state index contributed by atoms with van der Waals surface area (Å²) < 4.78 is 0. The van der Waals surface area contributed by atoms with Crippen molar-refractivity contribution in [3.05, 3.63) is 29.8 Å². The van der Waals surface area contributed by atoms with Gasteiger partial charge in [0.2, 0.25) is 5.91 Å². The van der Waals surface area contributed by atoms with Crippen LogP contribution >= 0.6 is 0 Å². The van der Waals surface area contributed by atoms with Gasteiger partial charge in [-0.3, -0.25) is 10.1 Å². The fraction of sp³-hybridized carbons (Fsp3) is 0.222. The molecule has 1 atom stereocenters. The summed E-state index contributed by atoms with van der Waals surface area (Å²) in [5.41, 5.74) is 7.08. The first-order valence-corrected chi connectivity index (χ1v) is 3.85. The molecule has 1 heterocycles. The van der Waals surface area contributed by atoms with Crippen LogP contribution in [0.2, 0.25) is 0 Å². The Morgan fingerprint density at radius 3 is 3.00 bits per heavy atom. The largest absolute Gasteiger partial charge is 0.369 e. The number of nitrogens with zero attached hydrogens (tertiary/aromatic N) is 1. The Morgan fingerprint density at radius 1 is 1.50 bits per heavy atom. The molecule has 2 N–H and O–H groups in total. The summed E-state index contributed by atoms with van der Waals surface area (Å²) in [6, 6.07) is 7.61. The zero-order valence-electron chi connectivity index (χ0n) is 6.53. The third kappa shape index (κ3) is 0.942. The Bertz CT molecular complexity index is 322. The molecule has 3 heteroatoms. The Kier molecular flexibility index (Phi) is 1.50. The van der Waals surface area contributed by atoms with Crippen molar-refractivity contribution in [1.82, 2.24) is 5.32 Å². The molecule has 3 nitrogen and oxygen atoms in total. The molecule has 1 amide bonds. The van der Waals surface area contributed by atoms with Gasteiger partial charge in [-0.2, -0.15) is 0 Å². The summed E-state index contributed by atoms with van der Waals surface area (Å²) >= 11 is 0. The van der Waals surface area contributed by atoms with Crippen molar-refractivity contribution in [1.29, 1.82) is 0 Å². The first-order chi connectivity index (χ1) is 5.79. The molecule has 0 spiro atoms. The van der Waals surface area contributed by atoms with Crippen molar-refractivity contribution in [3.63, 3.8) is 0 Å². The van der Waals surface area contributed by atoms with Crippen LogP contribution in [-0.2, 0) is 4.79 Å². The van der Waals surface area contributed by atoms with Gasteiger partial charge in [0, 0.05) is 0 Å². The van der Waals surface area contributed by atoms with Crippen LogP contribution in [0, 0.1) is 0 Å². The highest BCUT2D eigenvalue weighted by atomic mass is 16.1. The van der Waals surface area contributed by atoms with E-state index in [0.717, 1.165) is 11.3 Å². The van der Waals surface area contributed by atoms with Crippen LogP contribution in [0.1, 0.15) is 11.5 Å². The van der Waals surface area contributed by atoms with Gasteiger partial charge in [-0.1, -0.05) is 18.2 Å². The molecule has 2 rings (SSSR count). The highest BCUT2D eigenvalue weighted by Crippen LogP contribution is 2.30. The summed E-state index contributed by atoms with van der Waals surface area (Å²) in [4.78, 5) is 10.9. The number of primary amides is 1. The zero-order chi connectivity index (χ0) is 8.55. The van der Waals surface area contributed by atoms with E-state index in [2.05, 4.69) is 5.32 Å². The van der Waals surface area contributed by atoms with Gasteiger partial charge in [-0.15, -0.1) is 0 Å². The van der Waals surface area contributed by atoms with Crippen molar-refractivity contribution in [2.75, 3.05) is 6.54 Å². The normalized spacial score (nSPS) is 19.8. The lowest BCUT2D eigenvalue weighted by Crippen LogP contribution is -2.22. The van der Waals surface area contributed by atoms with Gasteiger partial charge in [0.25, 0.3) is 0 Å². The van der Waals surface area contributed by atoms with Gasteiger partial charge >= 0.3 is 0 Å². The number of para-hydroxylation sites is 1. The maximum atomic E-state index is 10.9. The first kappa shape index (κ1) is 7.16. The highest BCUT2D eigenvalue weighted by molar-refractivity contribution is 5.85. The lowest BCUT2D eigenvalue weighted by atomic mass is 10.0. The lowest BCUT2D eigenvalue weighted by molar-refractivity contribution is -0.119. The average Bonchev–Trinajstić information content (AvgIpc) is 2.47. The van der Waals surface area contributed by atoms with Crippen LogP contribution in [-0.4, -0.2) is 12.5 Å².